The molecule has 1 saturated heterocycles. The maximum absolute atomic E-state index is 11.6. The van der Waals surface area contributed by atoms with E-state index in [1.54, 1.807) is 7.05 Å². The van der Waals surface area contributed by atoms with Crippen molar-refractivity contribution in [2.75, 3.05) is 7.05 Å². The highest BCUT2D eigenvalue weighted by Gasteiger charge is 2.68. The summed E-state index contributed by atoms with van der Waals surface area (Å²) in [5.41, 5.74) is -0.780. The van der Waals surface area contributed by atoms with Gasteiger partial charge < -0.3 is 0 Å². The van der Waals surface area contributed by atoms with Crippen LogP contribution in [-0.4, -0.2) is 23.8 Å². The monoisotopic (exact) mass is 167 g/mol. The van der Waals surface area contributed by atoms with Gasteiger partial charge in [0.15, 0.2) is 0 Å². The quantitative estimate of drug-likeness (QED) is 0.500. The molecule has 0 spiro atoms. The van der Waals surface area contributed by atoms with Crippen LogP contribution in [0.2, 0.25) is 0 Å². The Labute approximate surface area is 71.7 Å². The third-order valence-electron chi connectivity index (χ3n) is 3.90. The van der Waals surface area contributed by atoms with Gasteiger partial charge in [-0.1, -0.05) is 0 Å². The summed E-state index contributed by atoms with van der Waals surface area (Å²) < 4.78 is 0. The molecule has 3 nitrogen and oxygen atoms in total. The average molecular weight is 167 g/mol. The summed E-state index contributed by atoms with van der Waals surface area (Å²) in [7, 11) is 1.58. The molecule has 0 N–H and O–H groups in total. The molecule has 0 bridgehead atoms. The highest BCUT2D eigenvalue weighted by atomic mass is 16.2. The predicted octanol–water partition coefficient (Wildman–Crippen LogP) is 0.791. The van der Waals surface area contributed by atoms with E-state index in [0.29, 0.717) is 0 Å². The fourth-order valence-corrected chi connectivity index (χ4v) is 2.39. The minimum absolute atomic E-state index is 0.00116. The number of likely N-dealkylation sites (tertiary alicyclic amines) is 1. The van der Waals surface area contributed by atoms with Crippen molar-refractivity contribution in [1.82, 2.24) is 4.90 Å². The maximum Gasteiger partial charge on any atom is 0.235 e. The van der Waals surface area contributed by atoms with E-state index < -0.39 is 10.8 Å². The molecule has 1 saturated carbocycles. The molecule has 12 heavy (non-hydrogen) atoms. The first-order valence-corrected chi connectivity index (χ1v) is 4.26. The molecule has 2 amide bonds. The summed E-state index contributed by atoms with van der Waals surface area (Å²) in [5, 5.41) is 0. The minimum atomic E-state index is -0.390. The second-order valence-corrected chi connectivity index (χ2v) is 4.33. The molecule has 3 heteroatoms. The summed E-state index contributed by atoms with van der Waals surface area (Å²) >= 11 is 0. The van der Waals surface area contributed by atoms with Gasteiger partial charge in [-0.15, -0.1) is 0 Å². The molecule has 0 aromatic rings. The van der Waals surface area contributed by atoms with Gasteiger partial charge in [0.05, 0.1) is 10.8 Å². The van der Waals surface area contributed by atoms with E-state index in [1.807, 2.05) is 13.8 Å². The van der Waals surface area contributed by atoms with E-state index in [0.717, 1.165) is 12.8 Å². The van der Waals surface area contributed by atoms with Crippen LogP contribution in [0.15, 0.2) is 0 Å². The van der Waals surface area contributed by atoms with E-state index in [-0.39, 0.29) is 11.8 Å². The van der Waals surface area contributed by atoms with Crippen molar-refractivity contribution in [3.05, 3.63) is 0 Å². The van der Waals surface area contributed by atoms with Crippen molar-refractivity contribution in [3.63, 3.8) is 0 Å². The summed E-state index contributed by atoms with van der Waals surface area (Å²) in [6, 6.07) is 0. The van der Waals surface area contributed by atoms with Gasteiger partial charge in [0.25, 0.3) is 0 Å². The van der Waals surface area contributed by atoms with E-state index in [9.17, 15) is 9.59 Å². The number of rotatable bonds is 0. The molecule has 1 aliphatic heterocycles. The molecule has 0 aromatic heterocycles. The Morgan fingerprint density at radius 3 is 1.58 bits per heavy atom. The SMILES string of the molecule is CN1C(=O)[C@]2(C)CC[C@]2(C)C1=O. The fraction of sp³-hybridized carbons (Fsp3) is 0.778. The van der Waals surface area contributed by atoms with Crippen LogP contribution < -0.4 is 0 Å². The maximum atomic E-state index is 11.6. The lowest BCUT2D eigenvalue weighted by atomic mass is 9.52. The van der Waals surface area contributed by atoms with E-state index >= 15 is 0 Å². The zero-order valence-corrected chi connectivity index (χ0v) is 7.68. The van der Waals surface area contributed by atoms with Crippen LogP contribution in [0, 0.1) is 10.8 Å². The van der Waals surface area contributed by atoms with Gasteiger partial charge in [-0.25, -0.2) is 0 Å². The highest BCUT2D eigenvalue weighted by molar-refractivity contribution is 6.10. The minimum Gasteiger partial charge on any atom is -0.285 e. The van der Waals surface area contributed by atoms with Crippen LogP contribution in [0.1, 0.15) is 26.7 Å². The molecule has 1 aliphatic carbocycles. The molecule has 0 aromatic carbocycles. The molecule has 2 fully saturated rings. The molecular formula is C9H13NO2. The van der Waals surface area contributed by atoms with Gasteiger partial charge >= 0.3 is 0 Å². The molecule has 1 heterocycles. The second-order valence-electron chi connectivity index (χ2n) is 4.33. The van der Waals surface area contributed by atoms with Gasteiger partial charge in [0, 0.05) is 7.05 Å². The Morgan fingerprint density at radius 1 is 1.08 bits per heavy atom. The number of amides is 2. The summed E-state index contributed by atoms with van der Waals surface area (Å²) in [6.07, 6.45) is 1.72. The Bertz CT molecular complexity index is 258. The standard InChI is InChI=1S/C9H13NO2/c1-8-4-5-9(8,2)7(12)10(3)6(8)11/h4-5H2,1-3H3/t8-,9+. The smallest absolute Gasteiger partial charge is 0.235 e. The number of nitrogens with zero attached hydrogens (tertiary/aromatic N) is 1. The Balaban J connectivity index is 2.51. The lowest BCUT2D eigenvalue weighted by Gasteiger charge is -2.46. The highest BCUT2D eigenvalue weighted by Crippen LogP contribution is 2.61. The van der Waals surface area contributed by atoms with Gasteiger partial charge in [0.1, 0.15) is 0 Å². The number of hydrogen-bond donors (Lipinski definition) is 0. The predicted molar refractivity (Wildman–Crippen MR) is 43.2 cm³/mol. The summed E-state index contributed by atoms with van der Waals surface area (Å²) in [4.78, 5) is 24.5. The number of carbonyl (C=O) groups excluding carboxylic acids is 2. The normalized spacial score (nSPS) is 46.1. The van der Waals surface area contributed by atoms with Crippen molar-refractivity contribution < 1.29 is 9.59 Å². The first-order chi connectivity index (χ1) is 5.43. The largest absolute Gasteiger partial charge is 0.285 e. The fourth-order valence-electron chi connectivity index (χ4n) is 2.39. The number of fused-ring (bicyclic) bond motifs is 1. The second kappa shape index (κ2) is 1.73. The Kier molecular flexibility index (Phi) is 1.12. The Morgan fingerprint density at radius 2 is 1.42 bits per heavy atom. The van der Waals surface area contributed by atoms with Gasteiger partial charge in [-0.2, -0.15) is 0 Å². The molecule has 2 rings (SSSR count). The van der Waals surface area contributed by atoms with Crippen LogP contribution in [0.25, 0.3) is 0 Å². The molecule has 66 valence electrons. The van der Waals surface area contributed by atoms with E-state index in [1.165, 1.54) is 4.90 Å². The first kappa shape index (κ1) is 7.77. The van der Waals surface area contributed by atoms with Crippen molar-refractivity contribution in [2.45, 2.75) is 26.7 Å². The van der Waals surface area contributed by atoms with Crippen LogP contribution in [0.4, 0.5) is 0 Å². The third kappa shape index (κ3) is 0.490. The summed E-state index contributed by atoms with van der Waals surface area (Å²) in [5.74, 6) is 0.00231. The van der Waals surface area contributed by atoms with Crippen molar-refractivity contribution >= 4 is 11.8 Å². The van der Waals surface area contributed by atoms with Crippen LogP contribution in [0.5, 0.6) is 0 Å². The first-order valence-electron chi connectivity index (χ1n) is 4.26. The van der Waals surface area contributed by atoms with Gasteiger partial charge in [-0.05, 0) is 26.7 Å². The average Bonchev–Trinajstić information content (AvgIpc) is 2.14. The number of hydrogen-bond acceptors (Lipinski definition) is 2. The van der Waals surface area contributed by atoms with Crippen LogP contribution >= 0.6 is 0 Å². The van der Waals surface area contributed by atoms with Gasteiger partial charge in [0.2, 0.25) is 11.8 Å². The van der Waals surface area contributed by atoms with Gasteiger partial charge in [-0.3, -0.25) is 14.5 Å². The summed E-state index contributed by atoms with van der Waals surface area (Å²) in [6.45, 7) is 3.81. The topological polar surface area (TPSA) is 37.4 Å². The van der Waals surface area contributed by atoms with Crippen molar-refractivity contribution in [2.24, 2.45) is 10.8 Å². The van der Waals surface area contributed by atoms with E-state index in [4.69, 9.17) is 0 Å². The number of imide groups is 1. The van der Waals surface area contributed by atoms with E-state index in [2.05, 4.69) is 0 Å². The molecular weight excluding hydrogens is 154 g/mol. The van der Waals surface area contributed by atoms with Crippen molar-refractivity contribution in [3.8, 4) is 0 Å². The number of carbonyl (C=O) groups is 2. The van der Waals surface area contributed by atoms with Crippen LogP contribution in [0.3, 0.4) is 0 Å². The Hall–Kier alpha value is -0.860. The van der Waals surface area contributed by atoms with Crippen LogP contribution in [-0.2, 0) is 9.59 Å². The molecule has 2 aliphatic rings. The molecule has 2 atom stereocenters. The zero-order chi connectivity index (χ0) is 9.15. The third-order valence-corrected chi connectivity index (χ3v) is 3.90. The van der Waals surface area contributed by atoms with Crippen molar-refractivity contribution in [1.29, 1.82) is 0 Å². The lowest BCUT2D eigenvalue weighted by molar-refractivity contribution is -0.145. The lowest BCUT2D eigenvalue weighted by Crippen LogP contribution is -2.49. The molecule has 0 unspecified atom stereocenters. The zero-order valence-electron chi connectivity index (χ0n) is 7.68. The molecule has 0 radical (unpaired) electrons.